The van der Waals surface area contributed by atoms with Crippen LogP contribution in [0.5, 0.6) is 5.75 Å². The molecular weight excluding hydrogens is 250 g/mol. The van der Waals surface area contributed by atoms with Gasteiger partial charge in [0.1, 0.15) is 5.75 Å². The van der Waals surface area contributed by atoms with Crippen LogP contribution in [0.3, 0.4) is 0 Å². The summed E-state index contributed by atoms with van der Waals surface area (Å²) < 4.78 is 0. The van der Waals surface area contributed by atoms with E-state index in [0.29, 0.717) is 18.7 Å². The van der Waals surface area contributed by atoms with Crippen molar-refractivity contribution < 1.29 is 14.7 Å². The third-order valence-corrected chi connectivity index (χ3v) is 4.06. The van der Waals surface area contributed by atoms with Crippen molar-refractivity contribution in [3.63, 3.8) is 0 Å². The van der Waals surface area contributed by atoms with E-state index < -0.39 is 0 Å². The molecule has 1 aromatic rings. The van der Waals surface area contributed by atoms with Crippen molar-refractivity contribution in [1.82, 2.24) is 4.90 Å². The van der Waals surface area contributed by atoms with Crippen LogP contribution in [-0.2, 0) is 11.3 Å². The lowest BCUT2D eigenvalue weighted by Crippen LogP contribution is -2.29. The van der Waals surface area contributed by atoms with Gasteiger partial charge in [0.2, 0.25) is 5.91 Å². The molecule has 18 heavy (non-hydrogen) atoms. The predicted molar refractivity (Wildman–Crippen MR) is 69.9 cm³/mol. The van der Waals surface area contributed by atoms with Crippen LogP contribution in [0, 0.1) is 0 Å². The number of amides is 1. The fraction of sp³-hybridized carbons (Fsp3) is 0.385. The topological polar surface area (TPSA) is 57.6 Å². The number of hydrogen-bond donors (Lipinski definition) is 1. The van der Waals surface area contributed by atoms with Crippen LogP contribution in [0.25, 0.3) is 0 Å². The molecule has 1 aliphatic rings. The highest BCUT2D eigenvalue weighted by Gasteiger charge is 2.19. The Balaban J connectivity index is 2.41. The number of benzene rings is 1. The molecule has 0 saturated heterocycles. The van der Waals surface area contributed by atoms with Crippen molar-refractivity contribution in [2.45, 2.75) is 25.3 Å². The first kappa shape index (κ1) is 13.0. The molecule has 5 heteroatoms. The fourth-order valence-electron chi connectivity index (χ4n) is 1.97. The number of rotatable bonds is 1. The maximum atomic E-state index is 11.4. The van der Waals surface area contributed by atoms with Crippen LogP contribution >= 0.6 is 11.8 Å². The van der Waals surface area contributed by atoms with Gasteiger partial charge in [-0.3, -0.25) is 9.59 Å². The first-order valence-electron chi connectivity index (χ1n) is 5.74. The van der Waals surface area contributed by atoms with Gasteiger partial charge >= 0.3 is 0 Å². The molecule has 1 N–H and O–H groups in total. The van der Waals surface area contributed by atoms with Gasteiger partial charge < -0.3 is 10.0 Å². The fourth-order valence-corrected chi connectivity index (χ4v) is 3.01. The Bertz CT molecular complexity index is 513. The second kappa shape index (κ2) is 5.02. The van der Waals surface area contributed by atoms with Crippen LogP contribution in [0.15, 0.2) is 17.0 Å². The van der Waals surface area contributed by atoms with Gasteiger partial charge in [0.25, 0.3) is 0 Å². The van der Waals surface area contributed by atoms with Crippen molar-refractivity contribution in [3.8, 4) is 5.75 Å². The summed E-state index contributed by atoms with van der Waals surface area (Å²) in [5.41, 5.74) is 1.24. The largest absolute Gasteiger partial charge is 0.507 e. The van der Waals surface area contributed by atoms with Crippen molar-refractivity contribution in [2.75, 3.05) is 12.3 Å². The summed E-state index contributed by atoms with van der Waals surface area (Å²) in [5.74, 6) is 0.670. The van der Waals surface area contributed by atoms with Gasteiger partial charge in [-0.25, -0.2) is 0 Å². The Morgan fingerprint density at radius 3 is 2.67 bits per heavy atom. The van der Waals surface area contributed by atoms with Crippen molar-refractivity contribution in [2.24, 2.45) is 0 Å². The Morgan fingerprint density at radius 1 is 1.33 bits per heavy atom. The summed E-state index contributed by atoms with van der Waals surface area (Å²) >= 11 is 1.61. The number of carbonyl (C=O) groups excluding carboxylic acids is 2. The number of phenolic OH excluding ortho intramolecular Hbond substituents is 1. The van der Waals surface area contributed by atoms with Crippen LogP contribution in [-0.4, -0.2) is 34.0 Å². The number of hydrogen-bond acceptors (Lipinski definition) is 4. The van der Waals surface area contributed by atoms with E-state index in [1.807, 2.05) is 0 Å². The zero-order chi connectivity index (χ0) is 13.3. The Morgan fingerprint density at radius 2 is 2.06 bits per heavy atom. The lowest BCUT2D eigenvalue weighted by molar-refractivity contribution is -0.129. The average molecular weight is 265 g/mol. The number of carbonyl (C=O) groups is 2. The van der Waals surface area contributed by atoms with Crippen LogP contribution < -0.4 is 0 Å². The normalized spacial score (nSPS) is 14.9. The van der Waals surface area contributed by atoms with E-state index in [1.54, 1.807) is 35.7 Å². The second-order valence-corrected chi connectivity index (χ2v) is 5.46. The molecule has 1 aromatic carbocycles. The molecule has 1 aliphatic heterocycles. The first-order valence-corrected chi connectivity index (χ1v) is 6.72. The Labute approximate surface area is 110 Å². The summed E-state index contributed by atoms with van der Waals surface area (Å²) in [6.07, 6.45) is 0. The lowest BCUT2D eigenvalue weighted by Gasteiger charge is -2.18. The van der Waals surface area contributed by atoms with Crippen molar-refractivity contribution in [1.29, 1.82) is 0 Å². The van der Waals surface area contributed by atoms with Gasteiger partial charge in [-0.1, -0.05) is 0 Å². The minimum atomic E-state index is -0.149. The molecule has 0 unspecified atom stereocenters. The molecule has 0 aliphatic carbocycles. The van der Waals surface area contributed by atoms with Gasteiger partial charge in [0, 0.05) is 30.7 Å². The standard InChI is InChI=1S/C13H15NO3S/c1-8(15)11-6-13-10(5-12(11)17)7-14(9(2)16)3-4-18-13/h5-6,17H,3-4,7H2,1-2H3. The highest BCUT2D eigenvalue weighted by Crippen LogP contribution is 2.33. The molecule has 0 saturated carbocycles. The Kier molecular flexibility index (Phi) is 3.61. The summed E-state index contributed by atoms with van der Waals surface area (Å²) in [7, 11) is 0. The van der Waals surface area contributed by atoms with Crippen LogP contribution in [0.2, 0.25) is 0 Å². The number of aromatic hydroxyl groups is 1. The van der Waals surface area contributed by atoms with Gasteiger partial charge in [-0.2, -0.15) is 0 Å². The van der Waals surface area contributed by atoms with E-state index in [4.69, 9.17) is 0 Å². The quantitative estimate of drug-likeness (QED) is 0.790. The maximum Gasteiger partial charge on any atom is 0.219 e. The molecule has 1 amide bonds. The van der Waals surface area contributed by atoms with Gasteiger partial charge in [-0.15, -0.1) is 11.8 Å². The van der Waals surface area contributed by atoms with Crippen molar-refractivity contribution >= 4 is 23.5 Å². The maximum absolute atomic E-state index is 11.4. The number of thioether (sulfide) groups is 1. The first-order chi connectivity index (χ1) is 8.49. The van der Waals surface area contributed by atoms with E-state index in [-0.39, 0.29) is 17.4 Å². The van der Waals surface area contributed by atoms with E-state index in [2.05, 4.69) is 0 Å². The molecule has 0 atom stereocenters. The molecule has 0 bridgehead atoms. The monoisotopic (exact) mass is 265 g/mol. The number of nitrogens with zero attached hydrogens (tertiary/aromatic N) is 1. The zero-order valence-electron chi connectivity index (χ0n) is 10.4. The third-order valence-electron chi connectivity index (χ3n) is 2.98. The molecular formula is C13H15NO3S. The Hall–Kier alpha value is -1.49. The number of ketones is 1. The van der Waals surface area contributed by atoms with E-state index in [1.165, 1.54) is 6.92 Å². The molecule has 2 rings (SSSR count). The summed E-state index contributed by atoms with van der Waals surface area (Å²) in [6, 6.07) is 3.32. The molecule has 1 heterocycles. The van der Waals surface area contributed by atoms with Gasteiger partial charge in [0.05, 0.1) is 5.56 Å². The highest BCUT2D eigenvalue weighted by molar-refractivity contribution is 7.99. The molecule has 96 valence electrons. The van der Waals surface area contributed by atoms with Crippen LogP contribution in [0.1, 0.15) is 29.8 Å². The average Bonchev–Trinajstić information content (AvgIpc) is 2.49. The van der Waals surface area contributed by atoms with E-state index in [0.717, 1.165) is 16.2 Å². The molecule has 0 radical (unpaired) electrons. The summed E-state index contributed by atoms with van der Waals surface area (Å²) in [5, 5.41) is 9.82. The third kappa shape index (κ3) is 2.51. The van der Waals surface area contributed by atoms with Gasteiger partial charge in [0.15, 0.2) is 5.78 Å². The molecule has 0 fully saturated rings. The zero-order valence-corrected chi connectivity index (χ0v) is 11.2. The molecule has 0 aromatic heterocycles. The number of phenols is 1. The molecule has 0 spiro atoms. The minimum absolute atomic E-state index is 0.00717. The lowest BCUT2D eigenvalue weighted by atomic mass is 10.1. The highest BCUT2D eigenvalue weighted by atomic mass is 32.2. The number of Topliss-reactive ketones (excluding diaryl/α,β-unsaturated/α-hetero) is 1. The van der Waals surface area contributed by atoms with Crippen LogP contribution in [0.4, 0.5) is 0 Å². The predicted octanol–water partition coefficient (Wildman–Crippen LogP) is 2.05. The SMILES string of the molecule is CC(=O)c1cc2c(cc1O)CN(C(C)=O)CCS2. The number of fused-ring (bicyclic) bond motifs is 1. The second-order valence-electron chi connectivity index (χ2n) is 4.32. The molecule has 4 nitrogen and oxygen atoms in total. The summed E-state index contributed by atoms with van der Waals surface area (Å²) in [6.45, 7) is 4.15. The van der Waals surface area contributed by atoms with E-state index >= 15 is 0 Å². The minimum Gasteiger partial charge on any atom is -0.507 e. The summed E-state index contributed by atoms with van der Waals surface area (Å²) in [4.78, 5) is 25.5. The smallest absolute Gasteiger partial charge is 0.219 e. The van der Waals surface area contributed by atoms with Gasteiger partial charge in [-0.05, 0) is 24.6 Å². The van der Waals surface area contributed by atoms with E-state index in [9.17, 15) is 14.7 Å². The van der Waals surface area contributed by atoms with Crippen molar-refractivity contribution in [3.05, 3.63) is 23.3 Å².